The number of hydrogen-bond acceptors (Lipinski definition) is 5. The van der Waals surface area contributed by atoms with Crippen molar-refractivity contribution in [2.75, 3.05) is 5.32 Å². The molecule has 112 valence electrons. The summed E-state index contributed by atoms with van der Waals surface area (Å²) in [6, 6.07) is 1.48. The molecule has 0 unspecified atom stereocenters. The van der Waals surface area contributed by atoms with Crippen LogP contribution in [-0.2, 0) is 18.9 Å². The summed E-state index contributed by atoms with van der Waals surface area (Å²) in [6.07, 6.45) is 1.38. The fourth-order valence-electron chi connectivity index (χ4n) is 1.83. The van der Waals surface area contributed by atoms with Crippen LogP contribution in [0.25, 0.3) is 11.0 Å². The van der Waals surface area contributed by atoms with Gasteiger partial charge in [-0.3, -0.25) is 18.7 Å². The number of hydrogen-bond donors (Lipinski definition) is 2. The number of amides is 1. The van der Waals surface area contributed by atoms with Crippen LogP contribution < -0.4 is 22.3 Å². The van der Waals surface area contributed by atoms with Gasteiger partial charge in [-0.2, -0.15) is 0 Å². The van der Waals surface area contributed by atoms with E-state index in [1.165, 1.54) is 30.9 Å². The lowest BCUT2D eigenvalue weighted by Crippen LogP contribution is -2.45. The molecule has 8 heteroatoms. The quantitative estimate of drug-likeness (QED) is 0.760. The van der Waals surface area contributed by atoms with Gasteiger partial charge in [-0.15, -0.1) is 0 Å². The molecule has 0 aliphatic heterocycles. The molecule has 0 saturated carbocycles. The highest BCUT2D eigenvalue weighted by atomic mass is 16.2. The monoisotopic (exact) mass is 291 g/mol. The van der Waals surface area contributed by atoms with E-state index in [1.807, 2.05) is 0 Å². The Balaban J connectivity index is 2.60. The van der Waals surface area contributed by atoms with Gasteiger partial charge < -0.3 is 11.1 Å². The van der Waals surface area contributed by atoms with E-state index >= 15 is 0 Å². The molecule has 2 aromatic heterocycles. The fraction of sp³-hybridized carbons (Fsp3) is 0.385. The molecule has 3 N–H and O–H groups in total. The molecule has 0 atom stereocenters. The first-order valence-electron chi connectivity index (χ1n) is 6.29. The van der Waals surface area contributed by atoms with Crippen LogP contribution in [0.2, 0.25) is 0 Å². The summed E-state index contributed by atoms with van der Waals surface area (Å²) in [5.74, 6) is -0.398. The van der Waals surface area contributed by atoms with E-state index in [4.69, 9.17) is 5.73 Å². The van der Waals surface area contributed by atoms with Crippen molar-refractivity contribution in [3.8, 4) is 0 Å². The molecule has 0 radical (unpaired) electrons. The molecule has 2 rings (SSSR count). The van der Waals surface area contributed by atoms with Crippen LogP contribution in [0.5, 0.6) is 0 Å². The third-order valence-corrected chi connectivity index (χ3v) is 3.14. The zero-order chi connectivity index (χ0) is 15.9. The Hall–Kier alpha value is -2.48. The summed E-state index contributed by atoms with van der Waals surface area (Å²) in [5, 5.41) is 2.84. The molecule has 21 heavy (non-hydrogen) atoms. The first-order chi connectivity index (χ1) is 9.62. The number of aryl methyl sites for hydroxylation is 1. The van der Waals surface area contributed by atoms with E-state index in [-0.39, 0.29) is 11.0 Å². The van der Waals surface area contributed by atoms with Gasteiger partial charge in [0.25, 0.3) is 5.56 Å². The van der Waals surface area contributed by atoms with Gasteiger partial charge in [0.2, 0.25) is 5.91 Å². The highest BCUT2D eigenvalue weighted by molar-refractivity contribution is 5.98. The molecule has 0 aliphatic rings. The minimum absolute atomic E-state index is 0.243. The molecule has 2 heterocycles. The highest BCUT2D eigenvalue weighted by Crippen LogP contribution is 2.13. The van der Waals surface area contributed by atoms with E-state index in [2.05, 4.69) is 10.3 Å². The normalized spacial score (nSPS) is 11.7. The van der Waals surface area contributed by atoms with Gasteiger partial charge in [0, 0.05) is 14.1 Å². The van der Waals surface area contributed by atoms with Crippen LogP contribution in [0.1, 0.15) is 13.8 Å². The standard InChI is InChI=1S/C13H17N5O3/c1-13(2,14)11(20)16-7-5-8-9(15-6-7)17(3)12(21)18(4)10(8)19/h5-6H,14H2,1-4H3,(H,16,20). The molecule has 2 aromatic rings. The Labute approximate surface area is 120 Å². The minimum atomic E-state index is -1.05. The average molecular weight is 291 g/mol. The summed E-state index contributed by atoms with van der Waals surface area (Å²) in [7, 11) is 2.91. The Kier molecular flexibility index (Phi) is 3.42. The van der Waals surface area contributed by atoms with Gasteiger partial charge in [0.1, 0.15) is 5.65 Å². The van der Waals surface area contributed by atoms with Crippen molar-refractivity contribution in [3.63, 3.8) is 0 Å². The van der Waals surface area contributed by atoms with E-state index in [0.717, 1.165) is 4.57 Å². The van der Waals surface area contributed by atoms with Crippen LogP contribution >= 0.6 is 0 Å². The zero-order valence-corrected chi connectivity index (χ0v) is 12.3. The molecule has 0 bridgehead atoms. The molecule has 0 saturated heterocycles. The zero-order valence-electron chi connectivity index (χ0n) is 12.3. The first kappa shape index (κ1) is 14.9. The smallest absolute Gasteiger partial charge is 0.323 e. The van der Waals surface area contributed by atoms with Gasteiger partial charge in [-0.25, -0.2) is 9.78 Å². The van der Waals surface area contributed by atoms with Crippen molar-refractivity contribution < 1.29 is 4.79 Å². The molecule has 0 aromatic carbocycles. The number of nitrogens with two attached hydrogens (primary N) is 1. The largest absolute Gasteiger partial charge is 0.332 e. The molecular formula is C13H17N5O3. The number of nitrogens with zero attached hydrogens (tertiary/aromatic N) is 3. The van der Waals surface area contributed by atoms with Crippen LogP contribution in [0.15, 0.2) is 21.9 Å². The Morgan fingerprint density at radius 1 is 1.29 bits per heavy atom. The SMILES string of the molecule is Cn1c(=O)c2cc(NC(=O)C(C)(C)N)cnc2n(C)c1=O. The van der Waals surface area contributed by atoms with E-state index < -0.39 is 22.7 Å². The molecule has 8 nitrogen and oxygen atoms in total. The van der Waals surface area contributed by atoms with Crippen molar-refractivity contribution in [1.82, 2.24) is 14.1 Å². The molecule has 0 aliphatic carbocycles. The summed E-state index contributed by atoms with van der Waals surface area (Å²) in [6.45, 7) is 3.14. The van der Waals surface area contributed by atoms with Crippen molar-refractivity contribution in [2.24, 2.45) is 19.8 Å². The van der Waals surface area contributed by atoms with E-state index in [9.17, 15) is 14.4 Å². The van der Waals surface area contributed by atoms with Crippen molar-refractivity contribution >= 4 is 22.6 Å². The fourth-order valence-corrected chi connectivity index (χ4v) is 1.83. The maximum Gasteiger partial charge on any atom is 0.332 e. The molecule has 0 fully saturated rings. The number of anilines is 1. The number of pyridine rings is 1. The molecule has 1 amide bonds. The van der Waals surface area contributed by atoms with Crippen LogP contribution in [0, 0.1) is 0 Å². The summed E-state index contributed by atoms with van der Waals surface area (Å²) >= 11 is 0. The topological polar surface area (TPSA) is 112 Å². The van der Waals surface area contributed by atoms with Gasteiger partial charge in [0.15, 0.2) is 0 Å². The van der Waals surface area contributed by atoms with E-state index in [1.54, 1.807) is 13.8 Å². The average Bonchev–Trinajstić information content (AvgIpc) is 2.41. The number of carbonyl (C=O) groups excluding carboxylic acids is 1. The predicted molar refractivity (Wildman–Crippen MR) is 79.1 cm³/mol. The lowest BCUT2D eigenvalue weighted by atomic mass is 10.1. The van der Waals surface area contributed by atoms with E-state index in [0.29, 0.717) is 5.69 Å². The highest BCUT2D eigenvalue weighted by Gasteiger charge is 2.22. The van der Waals surface area contributed by atoms with Crippen LogP contribution in [0.3, 0.4) is 0 Å². The van der Waals surface area contributed by atoms with Crippen LogP contribution in [-0.4, -0.2) is 25.6 Å². The second kappa shape index (κ2) is 4.81. The summed E-state index contributed by atoms with van der Waals surface area (Å²) in [5.41, 5.74) is 4.32. The lowest BCUT2D eigenvalue weighted by molar-refractivity contribution is -0.120. The number of nitrogens with one attached hydrogen (secondary N) is 1. The maximum atomic E-state index is 12.1. The van der Waals surface area contributed by atoms with Gasteiger partial charge >= 0.3 is 5.69 Å². The lowest BCUT2D eigenvalue weighted by Gasteiger charge is -2.17. The predicted octanol–water partition coefficient (Wildman–Crippen LogP) is -0.692. The van der Waals surface area contributed by atoms with Gasteiger partial charge in [-0.05, 0) is 19.9 Å². The number of rotatable bonds is 2. The minimum Gasteiger partial charge on any atom is -0.323 e. The first-order valence-corrected chi connectivity index (χ1v) is 6.29. The second-order valence-corrected chi connectivity index (χ2v) is 5.48. The van der Waals surface area contributed by atoms with Gasteiger partial charge in [0.05, 0.1) is 22.8 Å². The van der Waals surface area contributed by atoms with Crippen molar-refractivity contribution in [1.29, 1.82) is 0 Å². The third-order valence-electron chi connectivity index (χ3n) is 3.14. The Morgan fingerprint density at radius 2 is 1.90 bits per heavy atom. The number of aromatic nitrogens is 3. The molecule has 0 spiro atoms. The van der Waals surface area contributed by atoms with Crippen molar-refractivity contribution in [3.05, 3.63) is 33.1 Å². The number of fused-ring (bicyclic) bond motifs is 1. The molecular weight excluding hydrogens is 274 g/mol. The van der Waals surface area contributed by atoms with Gasteiger partial charge in [-0.1, -0.05) is 0 Å². The van der Waals surface area contributed by atoms with Crippen LogP contribution in [0.4, 0.5) is 5.69 Å². The van der Waals surface area contributed by atoms with Crippen molar-refractivity contribution in [2.45, 2.75) is 19.4 Å². The summed E-state index contributed by atoms with van der Waals surface area (Å²) in [4.78, 5) is 39.8. The third kappa shape index (κ3) is 2.57. The summed E-state index contributed by atoms with van der Waals surface area (Å²) < 4.78 is 2.26. The second-order valence-electron chi connectivity index (χ2n) is 5.48. The Bertz CT molecular complexity index is 842. The maximum absolute atomic E-state index is 12.1. The Morgan fingerprint density at radius 3 is 2.48 bits per heavy atom. The number of carbonyl (C=O) groups is 1.